The van der Waals surface area contributed by atoms with E-state index in [-0.39, 0.29) is 5.75 Å². The molecule has 1 heterocycles. The van der Waals surface area contributed by atoms with Gasteiger partial charge in [0.2, 0.25) is 5.16 Å². The molecule has 6 nitrogen and oxygen atoms in total. The van der Waals surface area contributed by atoms with Crippen LogP contribution in [0.3, 0.4) is 0 Å². The fourth-order valence-electron chi connectivity index (χ4n) is 0.715. The van der Waals surface area contributed by atoms with Gasteiger partial charge in [0.05, 0.1) is 5.75 Å². The van der Waals surface area contributed by atoms with E-state index in [2.05, 4.69) is 10.2 Å². The van der Waals surface area contributed by atoms with E-state index in [0.29, 0.717) is 5.16 Å². The largest absolute Gasteiger partial charge is 0.481 e. The van der Waals surface area contributed by atoms with Crippen LogP contribution in [0.5, 0.6) is 0 Å². The lowest BCUT2D eigenvalue weighted by atomic mass is 10.8. The van der Waals surface area contributed by atoms with Gasteiger partial charge in [-0.2, -0.15) is 0 Å². The Morgan fingerprint density at radius 1 is 1.77 bits per heavy atom. The normalized spacial score (nSPS) is 10.0. The summed E-state index contributed by atoms with van der Waals surface area (Å²) in [7, 11) is 3.66. The molecule has 1 aromatic rings. The van der Waals surface area contributed by atoms with Gasteiger partial charge in [-0.15, -0.1) is 10.2 Å². The van der Waals surface area contributed by atoms with E-state index in [9.17, 15) is 4.79 Å². The molecule has 1 aromatic heterocycles. The molecule has 72 valence electrons. The minimum Gasteiger partial charge on any atom is -0.481 e. The zero-order valence-corrected chi connectivity index (χ0v) is 8.15. The first-order valence-electron chi connectivity index (χ1n) is 3.53. The van der Waals surface area contributed by atoms with Crippen LogP contribution < -0.4 is 5.01 Å². The van der Waals surface area contributed by atoms with Crippen LogP contribution >= 0.6 is 11.8 Å². The summed E-state index contributed by atoms with van der Waals surface area (Å²) < 4.78 is 1.67. The van der Waals surface area contributed by atoms with Crippen molar-refractivity contribution in [3.63, 3.8) is 0 Å². The minimum absolute atomic E-state index is 0.00741. The first kappa shape index (κ1) is 9.85. The highest BCUT2D eigenvalue weighted by Gasteiger charge is 2.07. The molecular formula is C6H10N4O2S. The van der Waals surface area contributed by atoms with Crippen molar-refractivity contribution in [2.75, 3.05) is 24.9 Å². The van der Waals surface area contributed by atoms with Crippen molar-refractivity contribution in [1.82, 2.24) is 14.9 Å². The van der Waals surface area contributed by atoms with Gasteiger partial charge in [-0.3, -0.25) is 4.79 Å². The molecule has 0 aromatic carbocycles. The van der Waals surface area contributed by atoms with E-state index in [1.165, 1.54) is 6.33 Å². The third-order valence-electron chi connectivity index (χ3n) is 1.26. The van der Waals surface area contributed by atoms with Crippen molar-refractivity contribution in [1.29, 1.82) is 0 Å². The smallest absolute Gasteiger partial charge is 0.313 e. The number of carbonyl (C=O) groups is 1. The highest BCUT2D eigenvalue weighted by atomic mass is 32.2. The molecule has 0 aliphatic heterocycles. The molecule has 0 spiro atoms. The van der Waals surface area contributed by atoms with E-state index < -0.39 is 5.97 Å². The predicted molar refractivity (Wildman–Crippen MR) is 48.4 cm³/mol. The van der Waals surface area contributed by atoms with Gasteiger partial charge >= 0.3 is 5.97 Å². The van der Waals surface area contributed by atoms with Crippen molar-refractivity contribution in [2.24, 2.45) is 0 Å². The van der Waals surface area contributed by atoms with Crippen molar-refractivity contribution in [2.45, 2.75) is 5.16 Å². The van der Waals surface area contributed by atoms with Crippen LogP contribution in [0.15, 0.2) is 11.5 Å². The molecule has 0 aliphatic carbocycles. The summed E-state index contributed by atoms with van der Waals surface area (Å²) in [4.78, 5) is 10.3. The van der Waals surface area contributed by atoms with E-state index in [1.54, 1.807) is 9.69 Å². The lowest BCUT2D eigenvalue weighted by molar-refractivity contribution is -0.133. The second-order valence-electron chi connectivity index (χ2n) is 2.49. The zero-order chi connectivity index (χ0) is 9.84. The number of rotatable bonds is 4. The average molecular weight is 202 g/mol. The van der Waals surface area contributed by atoms with E-state index in [1.807, 2.05) is 14.1 Å². The SMILES string of the molecule is CN(C)n1cnnc1SCC(=O)O. The van der Waals surface area contributed by atoms with Gasteiger partial charge in [0.15, 0.2) is 0 Å². The van der Waals surface area contributed by atoms with E-state index in [4.69, 9.17) is 5.11 Å². The fraction of sp³-hybridized carbons (Fsp3) is 0.500. The molecule has 0 fully saturated rings. The van der Waals surface area contributed by atoms with Gasteiger partial charge in [-0.1, -0.05) is 11.8 Å². The van der Waals surface area contributed by atoms with Gasteiger partial charge in [0.25, 0.3) is 0 Å². The molecule has 0 saturated heterocycles. The van der Waals surface area contributed by atoms with Gasteiger partial charge < -0.3 is 10.1 Å². The van der Waals surface area contributed by atoms with E-state index in [0.717, 1.165) is 11.8 Å². The highest BCUT2D eigenvalue weighted by molar-refractivity contribution is 7.99. The quantitative estimate of drug-likeness (QED) is 0.673. The third-order valence-corrected chi connectivity index (χ3v) is 2.17. The summed E-state index contributed by atoms with van der Waals surface area (Å²) in [6.45, 7) is 0. The summed E-state index contributed by atoms with van der Waals surface area (Å²) in [5.41, 5.74) is 0. The van der Waals surface area contributed by atoms with Crippen molar-refractivity contribution in [3.05, 3.63) is 6.33 Å². The average Bonchev–Trinajstić information content (AvgIpc) is 2.47. The number of aromatic nitrogens is 3. The molecule has 0 bridgehead atoms. The Kier molecular flexibility index (Phi) is 3.13. The number of hydrogen-bond donors (Lipinski definition) is 1. The lowest BCUT2D eigenvalue weighted by Gasteiger charge is -2.14. The maximum atomic E-state index is 10.3. The maximum absolute atomic E-state index is 10.3. The first-order chi connectivity index (χ1) is 6.11. The zero-order valence-electron chi connectivity index (χ0n) is 7.34. The Bertz CT molecular complexity index is 299. The van der Waals surface area contributed by atoms with E-state index >= 15 is 0 Å². The van der Waals surface area contributed by atoms with Crippen LogP contribution in [0.25, 0.3) is 0 Å². The van der Waals surface area contributed by atoms with Crippen molar-refractivity contribution >= 4 is 17.7 Å². The van der Waals surface area contributed by atoms with Gasteiger partial charge in [-0.05, 0) is 0 Å². The number of nitrogens with zero attached hydrogens (tertiary/aromatic N) is 4. The number of aliphatic carboxylic acids is 1. The molecular weight excluding hydrogens is 192 g/mol. The Balaban J connectivity index is 2.65. The van der Waals surface area contributed by atoms with Gasteiger partial charge in [-0.25, -0.2) is 4.68 Å². The second-order valence-corrected chi connectivity index (χ2v) is 3.43. The minimum atomic E-state index is -0.863. The first-order valence-corrected chi connectivity index (χ1v) is 4.52. The Morgan fingerprint density at radius 2 is 2.46 bits per heavy atom. The third kappa shape index (κ3) is 2.62. The number of carboxylic acids is 1. The van der Waals surface area contributed by atoms with Crippen LogP contribution in [-0.4, -0.2) is 45.8 Å². The number of carboxylic acid groups (broad SMARTS) is 1. The van der Waals surface area contributed by atoms with Crippen molar-refractivity contribution in [3.8, 4) is 0 Å². The molecule has 0 aliphatic rings. The molecule has 0 saturated carbocycles. The molecule has 0 atom stereocenters. The van der Waals surface area contributed by atoms with Gasteiger partial charge in [0.1, 0.15) is 6.33 Å². The van der Waals surface area contributed by atoms with Crippen LogP contribution in [0, 0.1) is 0 Å². The summed E-state index contributed by atoms with van der Waals surface area (Å²) in [5, 5.41) is 18.3. The fourth-order valence-corrected chi connectivity index (χ4v) is 1.42. The molecule has 1 N–H and O–H groups in total. The molecule has 1 rings (SSSR count). The van der Waals surface area contributed by atoms with Crippen LogP contribution in [-0.2, 0) is 4.79 Å². The van der Waals surface area contributed by atoms with Crippen molar-refractivity contribution < 1.29 is 9.90 Å². The second kappa shape index (κ2) is 4.13. The Labute approximate surface area is 79.5 Å². The Morgan fingerprint density at radius 3 is 3.00 bits per heavy atom. The summed E-state index contributed by atoms with van der Waals surface area (Å²) >= 11 is 1.14. The standard InChI is InChI=1S/C6H10N4O2S/c1-9(2)10-4-7-8-6(10)13-3-5(11)12/h4H,3H2,1-2H3,(H,11,12). The Hall–Kier alpha value is -1.24. The monoisotopic (exact) mass is 202 g/mol. The summed E-state index contributed by atoms with van der Waals surface area (Å²) in [6.07, 6.45) is 1.53. The molecule has 0 amide bonds. The molecule has 7 heteroatoms. The predicted octanol–water partition coefficient (Wildman–Crippen LogP) is -0.348. The topological polar surface area (TPSA) is 71.2 Å². The van der Waals surface area contributed by atoms with Gasteiger partial charge in [0, 0.05) is 14.1 Å². The lowest BCUT2D eigenvalue weighted by Crippen LogP contribution is -2.24. The summed E-state index contributed by atoms with van der Waals surface area (Å²) in [5.74, 6) is -0.870. The highest BCUT2D eigenvalue weighted by Crippen LogP contribution is 2.13. The number of hydrogen-bond acceptors (Lipinski definition) is 5. The molecule has 0 radical (unpaired) electrons. The molecule has 0 unspecified atom stereocenters. The maximum Gasteiger partial charge on any atom is 0.313 e. The molecule has 13 heavy (non-hydrogen) atoms. The number of thioether (sulfide) groups is 1. The van der Waals surface area contributed by atoms with Crippen LogP contribution in [0.4, 0.5) is 0 Å². The van der Waals surface area contributed by atoms with Crippen LogP contribution in [0.1, 0.15) is 0 Å². The van der Waals surface area contributed by atoms with Crippen LogP contribution in [0.2, 0.25) is 0 Å². The summed E-state index contributed by atoms with van der Waals surface area (Å²) in [6, 6.07) is 0.